The van der Waals surface area contributed by atoms with Gasteiger partial charge < -0.3 is 33.6 Å². The highest BCUT2D eigenvalue weighted by Crippen LogP contribution is 2.25. The molecule has 0 aromatic rings. The second kappa shape index (κ2) is 83.7. The normalized spacial score (nSPS) is 12.9. The van der Waals surface area contributed by atoms with Crippen molar-refractivity contribution in [2.24, 2.45) is 23.7 Å². The van der Waals surface area contributed by atoms with Crippen LogP contribution in [0.3, 0.4) is 0 Å². The average Bonchev–Trinajstić information content (AvgIpc) is 1.22. The molecule has 0 spiro atoms. The molecule has 0 aliphatic heterocycles. The van der Waals surface area contributed by atoms with Crippen LogP contribution in [0, 0.1) is 23.7 Å². The Hall–Kier alpha value is -2.24. The monoisotopic (exact) mass is 1500 g/mol. The lowest BCUT2D eigenvalue weighted by molar-refractivity contribution is -0.146. The Balaban J connectivity index is 5.83. The summed E-state index contributed by atoms with van der Waals surface area (Å²) in [5, 5.41) is 0. The Morgan fingerprint density at radius 1 is 0.198 bits per heavy atom. The fraction of sp³-hybridized carbons (Fsp3) is 0.958. The zero-order valence-corrected chi connectivity index (χ0v) is 73.1. The molecule has 11 nitrogen and oxygen atoms in total. The Labute approximate surface area is 661 Å². The van der Waals surface area contributed by atoms with E-state index in [2.05, 4.69) is 77.1 Å². The molecule has 4 unspecified atom stereocenters. The van der Waals surface area contributed by atoms with Gasteiger partial charge in [-0.2, -0.15) is 0 Å². The fourth-order valence-electron chi connectivity index (χ4n) is 15.7. The van der Waals surface area contributed by atoms with Crippen LogP contribution in [0.1, 0.15) is 479 Å². The van der Waals surface area contributed by atoms with Crippen LogP contribution in [0.4, 0.5) is 0 Å². The van der Waals surface area contributed by atoms with Gasteiger partial charge in [0, 0.05) is 25.7 Å². The number of ether oxygens (including phenoxy) is 4. The molecule has 0 aromatic carbocycles. The van der Waals surface area contributed by atoms with Crippen molar-refractivity contribution in [3.63, 3.8) is 0 Å². The number of rotatable bonds is 88. The number of hydrogen-bond donors (Lipinski definition) is 0. The van der Waals surface area contributed by atoms with Gasteiger partial charge in [0.15, 0.2) is 0 Å². The Bertz CT molecular complexity index is 1580. The van der Waals surface area contributed by atoms with Crippen molar-refractivity contribution in [3.8, 4) is 0 Å². The quantitative estimate of drug-likeness (QED) is 0.0329. The van der Waals surface area contributed by atoms with Crippen molar-refractivity contribution < 1.29 is 38.1 Å². The van der Waals surface area contributed by atoms with Crippen LogP contribution in [0.2, 0.25) is 0 Å². The van der Waals surface area contributed by atoms with Crippen molar-refractivity contribution in [2.45, 2.75) is 479 Å². The first-order valence-electron chi connectivity index (χ1n) is 47.7. The second-order valence-corrected chi connectivity index (χ2v) is 33.8. The van der Waals surface area contributed by atoms with E-state index in [9.17, 15) is 19.2 Å². The minimum atomic E-state index is -0.0119. The van der Waals surface area contributed by atoms with Gasteiger partial charge in [-0.1, -0.05) is 338 Å². The Morgan fingerprint density at radius 3 is 0.557 bits per heavy atom. The summed E-state index contributed by atoms with van der Waals surface area (Å²) < 4.78 is 24.0. The van der Waals surface area contributed by atoms with E-state index >= 15 is 0 Å². The molecular formula is C95H187N3O8. The molecule has 0 amide bonds. The molecule has 106 heavy (non-hydrogen) atoms. The van der Waals surface area contributed by atoms with Crippen molar-refractivity contribution in [1.29, 1.82) is 0 Å². The lowest BCUT2D eigenvalue weighted by atomic mass is 9.95. The van der Waals surface area contributed by atoms with Crippen molar-refractivity contribution in [1.82, 2.24) is 14.7 Å². The molecule has 11 heteroatoms. The number of carbonyl (C=O) groups is 4. The second-order valence-electron chi connectivity index (χ2n) is 33.8. The third-order valence-corrected chi connectivity index (χ3v) is 23.1. The maximum absolute atomic E-state index is 13.2. The molecule has 0 saturated carbocycles. The molecule has 0 N–H and O–H groups in total. The van der Waals surface area contributed by atoms with Crippen LogP contribution in [-0.4, -0.2) is 124 Å². The fourth-order valence-corrected chi connectivity index (χ4v) is 15.7. The SMILES string of the molecule is CCCCCCCCC(CCCCCC)COC(=O)CCCCCN(CCCCCC(=O)OCC(CCCCCC)CCCCCCCC)CCCN(C)CCCN(CCCCCC(=O)OCC(CCCCCC)CCCCCCCC)CCCCCC(=O)OCC(CCCCCC)CCCCCCCC. The predicted molar refractivity (Wildman–Crippen MR) is 458 cm³/mol. The Kier molecular flexibility index (Phi) is 81.9. The molecule has 0 heterocycles. The summed E-state index contributed by atoms with van der Waals surface area (Å²) in [5.74, 6) is 1.93. The smallest absolute Gasteiger partial charge is 0.305 e. The molecule has 4 atom stereocenters. The molecule has 0 rings (SSSR count). The lowest BCUT2D eigenvalue weighted by Crippen LogP contribution is -2.32. The van der Waals surface area contributed by atoms with Crippen LogP contribution >= 0.6 is 0 Å². The van der Waals surface area contributed by atoms with Gasteiger partial charge in [-0.05, 0) is 199 Å². The van der Waals surface area contributed by atoms with Crippen LogP contribution in [0.5, 0.6) is 0 Å². The summed E-state index contributed by atoms with van der Waals surface area (Å²) in [7, 11) is 2.30. The van der Waals surface area contributed by atoms with Gasteiger partial charge in [-0.15, -0.1) is 0 Å². The number of carbonyl (C=O) groups excluding carboxylic acids is 4. The van der Waals surface area contributed by atoms with E-state index in [1.807, 2.05) is 0 Å². The third-order valence-electron chi connectivity index (χ3n) is 23.1. The number of hydrogen-bond acceptors (Lipinski definition) is 11. The summed E-state index contributed by atoms with van der Waals surface area (Å²) in [6.45, 7) is 28.9. The third kappa shape index (κ3) is 74.5. The lowest BCUT2D eigenvalue weighted by Gasteiger charge is -2.26. The maximum Gasteiger partial charge on any atom is 0.305 e. The summed E-state index contributed by atoms with van der Waals surface area (Å²) in [6, 6.07) is 0. The minimum Gasteiger partial charge on any atom is -0.465 e. The molecule has 0 aliphatic rings. The number of nitrogens with zero attached hydrogens (tertiary/aromatic N) is 3. The van der Waals surface area contributed by atoms with Gasteiger partial charge >= 0.3 is 23.9 Å². The predicted octanol–water partition coefficient (Wildman–Crippen LogP) is 28.1. The van der Waals surface area contributed by atoms with Crippen LogP contribution in [-0.2, 0) is 38.1 Å². The first kappa shape index (κ1) is 104. The van der Waals surface area contributed by atoms with Crippen LogP contribution < -0.4 is 0 Å². The molecule has 0 bridgehead atoms. The van der Waals surface area contributed by atoms with Crippen LogP contribution in [0.25, 0.3) is 0 Å². The number of unbranched alkanes of at least 4 members (excludes halogenated alkanes) is 40. The minimum absolute atomic E-state index is 0.0119. The highest BCUT2D eigenvalue weighted by molar-refractivity contribution is 5.70. The molecule has 630 valence electrons. The molecular weight excluding hydrogens is 1310 g/mol. The summed E-state index contributed by atoms with van der Waals surface area (Å²) >= 11 is 0. The number of esters is 4. The van der Waals surface area contributed by atoms with Crippen molar-refractivity contribution >= 4 is 23.9 Å². The first-order valence-corrected chi connectivity index (χ1v) is 47.7. The van der Waals surface area contributed by atoms with Crippen molar-refractivity contribution in [2.75, 3.05) is 85.8 Å². The van der Waals surface area contributed by atoms with Crippen LogP contribution in [0.15, 0.2) is 0 Å². The highest BCUT2D eigenvalue weighted by atomic mass is 16.5. The molecule has 0 radical (unpaired) electrons. The molecule has 0 saturated heterocycles. The van der Waals surface area contributed by atoms with E-state index in [1.165, 1.54) is 308 Å². The highest BCUT2D eigenvalue weighted by Gasteiger charge is 2.19. The summed E-state index contributed by atoms with van der Waals surface area (Å²) in [5.41, 5.74) is 0. The Morgan fingerprint density at radius 2 is 0.358 bits per heavy atom. The largest absolute Gasteiger partial charge is 0.465 e. The van der Waals surface area contributed by atoms with E-state index < -0.39 is 0 Å². The van der Waals surface area contributed by atoms with Gasteiger partial charge in [0.1, 0.15) is 0 Å². The standard InChI is InChI=1S/C95H187N3O8/c1-10-18-26-34-38-50-68-88(64-46-30-22-14-5)84-103-92(99)72-54-42-58-78-97(79-59-43-55-73-93(100)104-85-89(65-47-31-23-15-6)69-51-39-35-27-19-11-2)82-62-76-96(9)77-63-83-98(80-60-44-56-74-94(101)105-86-90(66-48-32-24-16-7)70-52-40-36-28-20-12-3)81-61-45-57-75-95(102)106-87-91(67-49-33-25-17-8)71-53-41-37-29-21-13-4/h88-91H,10-87H2,1-9H3. The average molecular weight is 1500 g/mol. The van der Waals surface area contributed by atoms with Gasteiger partial charge in [0.25, 0.3) is 0 Å². The van der Waals surface area contributed by atoms with Gasteiger partial charge in [0.2, 0.25) is 0 Å². The van der Waals surface area contributed by atoms with Gasteiger partial charge in [0.05, 0.1) is 26.4 Å². The zero-order chi connectivity index (χ0) is 77.3. The summed E-state index contributed by atoms with van der Waals surface area (Å²) in [6.07, 6.45) is 77.3. The maximum atomic E-state index is 13.2. The van der Waals surface area contributed by atoms with Crippen molar-refractivity contribution in [3.05, 3.63) is 0 Å². The van der Waals surface area contributed by atoms with E-state index in [0.29, 0.717) is 75.8 Å². The molecule has 0 aliphatic carbocycles. The molecule has 0 fully saturated rings. The summed E-state index contributed by atoms with van der Waals surface area (Å²) in [4.78, 5) is 60.5. The topological polar surface area (TPSA) is 115 Å². The van der Waals surface area contributed by atoms with E-state index in [-0.39, 0.29) is 23.9 Å². The van der Waals surface area contributed by atoms with E-state index in [1.54, 1.807) is 0 Å². The van der Waals surface area contributed by atoms with E-state index in [4.69, 9.17) is 18.9 Å². The molecule has 0 aromatic heterocycles. The first-order chi connectivity index (χ1) is 52.0. The van der Waals surface area contributed by atoms with Gasteiger partial charge in [-0.3, -0.25) is 19.2 Å². The zero-order valence-electron chi connectivity index (χ0n) is 73.1. The van der Waals surface area contributed by atoms with Gasteiger partial charge in [-0.25, -0.2) is 0 Å². The van der Waals surface area contributed by atoms with E-state index in [0.717, 1.165) is 142 Å².